The lowest BCUT2D eigenvalue weighted by atomic mass is 9.68. The standard InChI is InChI=1S/C38H36FIN2O2S/c1-37(2,31-10-8-12-34(40)29(31)23-42)25-16-19-32(38(3,4)30-9-7-11-33(39)28(30)22-41)27(21-25)36(43)24-14-17-26(18-15-24)45-35-13-5-6-20-44-35/h7-12,14-19,21,29,34-35H,5-6,13,20H2,1-4H3. The van der Waals surface area contributed by atoms with Crippen LogP contribution in [0.15, 0.2) is 89.4 Å². The highest BCUT2D eigenvalue weighted by Gasteiger charge is 2.37. The van der Waals surface area contributed by atoms with E-state index in [1.807, 2.05) is 80.6 Å². The molecule has 0 bridgehead atoms. The van der Waals surface area contributed by atoms with E-state index in [2.05, 4.69) is 42.5 Å². The monoisotopic (exact) mass is 730 g/mol. The Morgan fingerprint density at radius 2 is 1.76 bits per heavy atom. The summed E-state index contributed by atoms with van der Waals surface area (Å²) in [6, 6.07) is 22.7. The van der Waals surface area contributed by atoms with Crippen LogP contribution in [0.1, 0.15) is 85.1 Å². The minimum Gasteiger partial charge on any atom is -0.367 e. The lowest BCUT2D eigenvalue weighted by Crippen LogP contribution is -2.31. The molecule has 1 fully saturated rings. The van der Waals surface area contributed by atoms with Crippen molar-refractivity contribution in [1.29, 1.82) is 10.5 Å². The number of benzene rings is 3. The molecule has 3 atom stereocenters. The molecule has 1 aliphatic carbocycles. The van der Waals surface area contributed by atoms with E-state index in [1.165, 1.54) is 6.07 Å². The SMILES string of the molecule is CC(C)(C1=CC=CC(I)C1C#N)c1ccc(C(C)(C)c2cccc(F)c2C#N)c(C(=O)c2ccc(SC3CCCCO3)cc2)c1. The van der Waals surface area contributed by atoms with E-state index in [9.17, 15) is 19.7 Å². The van der Waals surface area contributed by atoms with Gasteiger partial charge in [0, 0.05) is 37.4 Å². The van der Waals surface area contributed by atoms with E-state index in [-0.39, 0.29) is 26.6 Å². The first-order valence-electron chi connectivity index (χ1n) is 15.2. The first-order valence-corrected chi connectivity index (χ1v) is 17.3. The molecule has 1 heterocycles. The average Bonchev–Trinajstić information content (AvgIpc) is 3.04. The zero-order chi connectivity index (χ0) is 32.4. The maximum atomic E-state index is 14.8. The van der Waals surface area contributed by atoms with Crippen LogP contribution in [-0.4, -0.2) is 21.8 Å². The van der Waals surface area contributed by atoms with E-state index >= 15 is 0 Å². The Morgan fingerprint density at radius 3 is 2.42 bits per heavy atom. The van der Waals surface area contributed by atoms with Crippen LogP contribution in [0.5, 0.6) is 0 Å². The summed E-state index contributed by atoms with van der Waals surface area (Å²) in [4.78, 5) is 15.5. The topological polar surface area (TPSA) is 73.9 Å². The summed E-state index contributed by atoms with van der Waals surface area (Å²) in [6.07, 6.45) is 9.29. The molecule has 0 saturated carbocycles. The third kappa shape index (κ3) is 6.68. The van der Waals surface area contributed by atoms with Gasteiger partial charge in [-0.05, 0) is 77.9 Å². The molecule has 7 heteroatoms. The molecule has 0 N–H and O–H groups in total. The number of hydrogen-bond acceptors (Lipinski definition) is 5. The number of nitrogens with zero attached hydrogens (tertiary/aromatic N) is 2. The predicted octanol–water partition coefficient (Wildman–Crippen LogP) is 9.59. The fourth-order valence-electron chi connectivity index (χ4n) is 6.32. The van der Waals surface area contributed by atoms with Gasteiger partial charge in [0.25, 0.3) is 0 Å². The average molecular weight is 731 g/mol. The van der Waals surface area contributed by atoms with E-state index in [0.29, 0.717) is 22.3 Å². The molecule has 3 aromatic carbocycles. The second-order valence-electron chi connectivity index (χ2n) is 12.6. The Labute approximate surface area is 283 Å². The fraction of sp³-hybridized carbons (Fsp3) is 0.342. The van der Waals surface area contributed by atoms with Gasteiger partial charge in [0.2, 0.25) is 0 Å². The molecule has 1 saturated heterocycles. The van der Waals surface area contributed by atoms with Gasteiger partial charge in [-0.25, -0.2) is 4.39 Å². The van der Waals surface area contributed by atoms with Crippen molar-refractivity contribution in [2.24, 2.45) is 5.92 Å². The Hall–Kier alpha value is -3.24. The molecule has 0 aromatic heterocycles. The van der Waals surface area contributed by atoms with Gasteiger partial charge in [0.05, 0.1) is 17.6 Å². The lowest BCUT2D eigenvalue weighted by molar-refractivity contribution is 0.0728. The first-order chi connectivity index (χ1) is 21.5. The summed E-state index contributed by atoms with van der Waals surface area (Å²) >= 11 is 3.98. The maximum Gasteiger partial charge on any atom is 0.193 e. The van der Waals surface area contributed by atoms with Gasteiger partial charge in [0.15, 0.2) is 5.78 Å². The van der Waals surface area contributed by atoms with Crippen LogP contribution in [0.3, 0.4) is 0 Å². The van der Waals surface area contributed by atoms with E-state index < -0.39 is 16.6 Å². The number of hydrogen-bond donors (Lipinski definition) is 0. The summed E-state index contributed by atoms with van der Waals surface area (Å²) in [6.45, 7) is 8.79. The smallest absolute Gasteiger partial charge is 0.193 e. The number of rotatable bonds is 8. The molecule has 3 aromatic rings. The van der Waals surface area contributed by atoms with Crippen molar-refractivity contribution in [3.05, 3.63) is 124 Å². The van der Waals surface area contributed by atoms with Crippen LogP contribution in [0.2, 0.25) is 0 Å². The van der Waals surface area contributed by atoms with Gasteiger partial charge in [-0.1, -0.05) is 105 Å². The third-order valence-corrected chi connectivity index (χ3v) is 11.4. The van der Waals surface area contributed by atoms with Crippen molar-refractivity contribution in [2.45, 2.75) is 72.0 Å². The third-order valence-electron chi connectivity index (χ3n) is 9.06. The Balaban J connectivity index is 1.61. The number of ether oxygens (including phenoxy) is 1. The fourth-order valence-corrected chi connectivity index (χ4v) is 8.16. The molecule has 3 unspecified atom stereocenters. The number of thioether (sulfide) groups is 1. The number of nitriles is 2. The van der Waals surface area contributed by atoms with Crippen molar-refractivity contribution >= 4 is 40.1 Å². The first kappa shape index (κ1) is 33.1. The van der Waals surface area contributed by atoms with Crippen molar-refractivity contribution in [1.82, 2.24) is 0 Å². The summed E-state index contributed by atoms with van der Waals surface area (Å²) in [5.41, 5.74) is 2.80. The molecular formula is C38H36FIN2O2S. The molecule has 230 valence electrons. The molecule has 0 radical (unpaired) electrons. The van der Waals surface area contributed by atoms with Crippen molar-refractivity contribution in [3.8, 4) is 12.1 Å². The Kier molecular flexibility index (Phi) is 10.0. The van der Waals surface area contributed by atoms with Gasteiger partial charge in [0.1, 0.15) is 17.3 Å². The van der Waals surface area contributed by atoms with E-state index in [4.69, 9.17) is 4.74 Å². The Bertz CT molecular complexity index is 1740. The number of carbonyl (C=O) groups excluding carboxylic acids is 1. The number of carbonyl (C=O) groups is 1. The van der Waals surface area contributed by atoms with Gasteiger partial charge in [-0.2, -0.15) is 10.5 Å². The highest BCUT2D eigenvalue weighted by Crippen LogP contribution is 2.44. The molecular weight excluding hydrogens is 694 g/mol. The van der Waals surface area contributed by atoms with E-state index in [0.717, 1.165) is 41.9 Å². The highest BCUT2D eigenvalue weighted by atomic mass is 127. The molecule has 5 rings (SSSR count). The minimum absolute atomic E-state index is 0.0271. The van der Waals surface area contributed by atoms with Gasteiger partial charge in [-0.3, -0.25) is 4.79 Å². The van der Waals surface area contributed by atoms with Crippen molar-refractivity contribution in [3.63, 3.8) is 0 Å². The molecule has 1 aliphatic heterocycles. The predicted molar refractivity (Wildman–Crippen MR) is 186 cm³/mol. The van der Waals surface area contributed by atoms with E-state index in [1.54, 1.807) is 23.9 Å². The normalized spacial score (nSPS) is 20.2. The van der Waals surface area contributed by atoms with Gasteiger partial charge >= 0.3 is 0 Å². The Morgan fingerprint density at radius 1 is 1.00 bits per heavy atom. The lowest BCUT2D eigenvalue weighted by Gasteiger charge is -2.36. The largest absolute Gasteiger partial charge is 0.367 e. The zero-order valence-corrected chi connectivity index (χ0v) is 28.9. The summed E-state index contributed by atoms with van der Waals surface area (Å²) < 4.78 is 20.7. The van der Waals surface area contributed by atoms with Crippen molar-refractivity contribution in [2.75, 3.05) is 6.61 Å². The summed E-state index contributed by atoms with van der Waals surface area (Å²) in [5.74, 6) is -1.04. The van der Waals surface area contributed by atoms with Crippen LogP contribution >= 0.6 is 34.4 Å². The van der Waals surface area contributed by atoms with Crippen LogP contribution in [0.4, 0.5) is 4.39 Å². The summed E-state index contributed by atoms with van der Waals surface area (Å²) in [5, 5.41) is 19.9. The molecule has 45 heavy (non-hydrogen) atoms. The highest BCUT2D eigenvalue weighted by molar-refractivity contribution is 14.1. The minimum atomic E-state index is -0.871. The van der Waals surface area contributed by atoms with Gasteiger partial charge in [-0.15, -0.1) is 0 Å². The zero-order valence-electron chi connectivity index (χ0n) is 25.9. The molecule has 0 spiro atoms. The molecule has 0 amide bonds. The summed E-state index contributed by atoms with van der Waals surface area (Å²) in [7, 11) is 0. The second-order valence-corrected chi connectivity index (χ2v) is 15.3. The second kappa shape index (κ2) is 13.6. The molecule has 4 nitrogen and oxygen atoms in total. The number of halogens is 2. The van der Waals surface area contributed by atoms with Crippen LogP contribution in [0, 0.1) is 34.4 Å². The van der Waals surface area contributed by atoms with Gasteiger partial charge < -0.3 is 4.74 Å². The van der Waals surface area contributed by atoms with Crippen molar-refractivity contribution < 1.29 is 13.9 Å². The van der Waals surface area contributed by atoms with Crippen LogP contribution in [0.25, 0.3) is 0 Å². The number of allylic oxidation sites excluding steroid dienone is 4. The van der Waals surface area contributed by atoms with Crippen LogP contribution in [-0.2, 0) is 15.6 Å². The van der Waals surface area contributed by atoms with Crippen LogP contribution < -0.4 is 0 Å². The maximum absolute atomic E-state index is 14.8. The quantitative estimate of drug-likeness (QED) is 0.131. The molecule has 2 aliphatic rings. The number of alkyl halides is 1. The number of ketones is 1.